The Labute approximate surface area is 129 Å². The lowest BCUT2D eigenvalue weighted by Gasteiger charge is -2.23. The zero-order valence-corrected chi connectivity index (χ0v) is 14.5. The summed E-state index contributed by atoms with van der Waals surface area (Å²) in [7, 11) is 2.04. The highest BCUT2D eigenvalue weighted by Gasteiger charge is 2.20. The minimum Gasteiger partial charge on any atom is -0.377 e. The number of aromatic nitrogens is 2. The first-order chi connectivity index (χ1) is 9.74. The van der Waals surface area contributed by atoms with Crippen molar-refractivity contribution in [2.45, 2.75) is 53.1 Å². The van der Waals surface area contributed by atoms with Gasteiger partial charge in [-0.1, -0.05) is 20.8 Å². The van der Waals surface area contributed by atoms with E-state index in [1.165, 1.54) is 0 Å². The van der Waals surface area contributed by atoms with Crippen LogP contribution in [0.15, 0.2) is 6.07 Å². The summed E-state index contributed by atoms with van der Waals surface area (Å²) in [5, 5.41) is 3.28. The fourth-order valence-corrected chi connectivity index (χ4v) is 1.78. The molecule has 0 bridgehead atoms. The average molecular weight is 294 g/mol. The Morgan fingerprint density at radius 2 is 1.95 bits per heavy atom. The number of likely N-dealkylation sites (N-methyl/N-ethyl adjacent to an activating group) is 1. The van der Waals surface area contributed by atoms with Crippen LogP contribution in [0, 0.1) is 0 Å². The zero-order valence-electron chi connectivity index (χ0n) is 14.5. The van der Waals surface area contributed by atoms with E-state index in [0.717, 1.165) is 30.5 Å². The van der Waals surface area contributed by atoms with Gasteiger partial charge in [-0.25, -0.2) is 9.97 Å². The van der Waals surface area contributed by atoms with E-state index in [0.29, 0.717) is 6.61 Å². The fourth-order valence-electron chi connectivity index (χ4n) is 1.78. The molecule has 0 unspecified atom stereocenters. The topological polar surface area (TPSA) is 50.3 Å². The maximum absolute atomic E-state index is 5.61. The van der Waals surface area contributed by atoms with Gasteiger partial charge in [-0.15, -0.1) is 0 Å². The van der Waals surface area contributed by atoms with Crippen molar-refractivity contribution in [2.24, 2.45) is 0 Å². The van der Waals surface area contributed by atoms with Crippen LogP contribution in [0.1, 0.15) is 47.4 Å². The molecule has 0 aromatic carbocycles. The van der Waals surface area contributed by atoms with Gasteiger partial charge in [-0.05, 0) is 20.8 Å². The molecule has 0 saturated carbocycles. The van der Waals surface area contributed by atoms with E-state index in [4.69, 9.17) is 9.72 Å². The van der Waals surface area contributed by atoms with Crippen molar-refractivity contribution in [1.82, 2.24) is 9.97 Å². The molecule has 0 amide bonds. The molecule has 120 valence electrons. The van der Waals surface area contributed by atoms with Crippen molar-refractivity contribution < 1.29 is 4.74 Å². The monoisotopic (exact) mass is 294 g/mol. The van der Waals surface area contributed by atoms with Crippen LogP contribution in [0.3, 0.4) is 0 Å². The van der Waals surface area contributed by atoms with Crippen LogP contribution in [0.5, 0.6) is 0 Å². The molecule has 0 aliphatic rings. The highest BCUT2D eigenvalue weighted by atomic mass is 16.5. The molecular formula is C16H30N4O. The number of hydrogen-bond donors (Lipinski definition) is 1. The second kappa shape index (κ2) is 7.59. The molecule has 5 nitrogen and oxygen atoms in total. The minimum atomic E-state index is -0.0740. The Bertz CT molecular complexity index is 440. The van der Waals surface area contributed by atoms with E-state index < -0.39 is 0 Å². The molecule has 0 aliphatic heterocycles. The summed E-state index contributed by atoms with van der Waals surface area (Å²) in [6.07, 6.45) is 0.256. The largest absolute Gasteiger partial charge is 0.377 e. The first kappa shape index (κ1) is 17.7. The van der Waals surface area contributed by atoms with Crippen molar-refractivity contribution in [1.29, 1.82) is 0 Å². The average Bonchev–Trinajstić information content (AvgIpc) is 2.37. The first-order valence-corrected chi connectivity index (χ1v) is 7.70. The number of nitrogens with zero attached hydrogens (tertiary/aromatic N) is 3. The van der Waals surface area contributed by atoms with Gasteiger partial charge >= 0.3 is 0 Å². The van der Waals surface area contributed by atoms with Gasteiger partial charge in [0.1, 0.15) is 17.5 Å². The van der Waals surface area contributed by atoms with Gasteiger partial charge < -0.3 is 15.0 Å². The van der Waals surface area contributed by atoms with Crippen LogP contribution < -0.4 is 10.2 Å². The lowest BCUT2D eigenvalue weighted by atomic mass is 9.96. The molecule has 1 aromatic heterocycles. The predicted molar refractivity (Wildman–Crippen MR) is 89.3 cm³/mol. The van der Waals surface area contributed by atoms with E-state index in [-0.39, 0.29) is 11.5 Å². The third-order valence-corrected chi connectivity index (χ3v) is 3.01. The third-order valence-electron chi connectivity index (χ3n) is 3.01. The zero-order chi connectivity index (χ0) is 16.0. The molecule has 5 heteroatoms. The number of rotatable bonds is 7. The molecule has 1 rings (SSSR count). The lowest BCUT2D eigenvalue weighted by Crippen LogP contribution is -2.27. The standard InChI is InChI=1S/C16H30N4O/c1-8-17-13-11-14(19-15(18-13)16(4,5)6)20(7)9-10-21-12(2)3/h11-12H,8-10H2,1-7H3,(H,17,18,19). The fraction of sp³-hybridized carbons (Fsp3) is 0.750. The molecule has 0 fully saturated rings. The SMILES string of the molecule is CCNc1cc(N(C)CCOC(C)C)nc(C(C)(C)C)n1. The van der Waals surface area contributed by atoms with Gasteiger partial charge in [0, 0.05) is 31.6 Å². The van der Waals surface area contributed by atoms with Crippen molar-refractivity contribution in [3.05, 3.63) is 11.9 Å². The summed E-state index contributed by atoms with van der Waals surface area (Å²) in [5.41, 5.74) is -0.0740. The van der Waals surface area contributed by atoms with Crippen molar-refractivity contribution in [3.63, 3.8) is 0 Å². The molecule has 1 N–H and O–H groups in total. The normalized spacial score (nSPS) is 11.8. The quantitative estimate of drug-likeness (QED) is 0.837. The molecule has 0 spiro atoms. The number of nitrogens with one attached hydrogen (secondary N) is 1. The van der Waals surface area contributed by atoms with Crippen LogP contribution >= 0.6 is 0 Å². The van der Waals surface area contributed by atoms with Crippen molar-refractivity contribution in [2.75, 3.05) is 37.0 Å². The van der Waals surface area contributed by atoms with Gasteiger partial charge in [0.25, 0.3) is 0 Å². The molecule has 21 heavy (non-hydrogen) atoms. The molecular weight excluding hydrogens is 264 g/mol. The third kappa shape index (κ3) is 5.87. The van der Waals surface area contributed by atoms with Gasteiger partial charge in [0.2, 0.25) is 0 Å². The van der Waals surface area contributed by atoms with E-state index in [1.54, 1.807) is 0 Å². The molecule has 0 radical (unpaired) electrons. The first-order valence-electron chi connectivity index (χ1n) is 7.70. The molecule has 1 heterocycles. The molecule has 0 atom stereocenters. The summed E-state index contributed by atoms with van der Waals surface area (Å²) in [6, 6.07) is 1.99. The van der Waals surface area contributed by atoms with E-state index in [2.05, 4.69) is 42.9 Å². The minimum absolute atomic E-state index is 0.0740. The highest BCUT2D eigenvalue weighted by molar-refractivity contribution is 5.49. The Morgan fingerprint density at radius 1 is 1.29 bits per heavy atom. The van der Waals surface area contributed by atoms with Crippen LogP contribution in [0.25, 0.3) is 0 Å². The Morgan fingerprint density at radius 3 is 2.48 bits per heavy atom. The number of ether oxygens (including phenoxy) is 1. The highest BCUT2D eigenvalue weighted by Crippen LogP contribution is 2.23. The van der Waals surface area contributed by atoms with Crippen molar-refractivity contribution in [3.8, 4) is 0 Å². The van der Waals surface area contributed by atoms with E-state index >= 15 is 0 Å². The Kier molecular flexibility index (Phi) is 6.40. The lowest BCUT2D eigenvalue weighted by molar-refractivity contribution is 0.0845. The second-order valence-corrected chi connectivity index (χ2v) is 6.56. The van der Waals surface area contributed by atoms with Gasteiger partial charge in [0.15, 0.2) is 0 Å². The van der Waals surface area contributed by atoms with Gasteiger partial charge in [0.05, 0.1) is 12.7 Å². The van der Waals surface area contributed by atoms with Crippen LogP contribution in [-0.2, 0) is 10.2 Å². The Balaban J connectivity index is 2.91. The summed E-state index contributed by atoms with van der Waals surface area (Å²) in [5.74, 6) is 2.66. The summed E-state index contributed by atoms with van der Waals surface area (Å²) in [6.45, 7) is 14.9. The van der Waals surface area contributed by atoms with Gasteiger partial charge in [-0.2, -0.15) is 0 Å². The second-order valence-electron chi connectivity index (χ2n) is 6.56. The summed E-state index contributed by atoms with van der Waals surface area (Å²) in [4.78, 5) is 11.4. The summed E-state index contributed by atoms with van der Waals surface area (Å²) < 4.78 is 5.61. The summed E-state index contributed by atoms with van der Waals surface area (Å²) >= 11 is 0. The maximum Gasteiger partial charge on any atom is 0.138 e. The molecule has 1 aromatic rings. The molecule has 0 aliphatic carbocycles. The van der Waals surface area contributed by atoms with Crippen LogP contribution in [0.2, 0.25) is 0 Å². The van der Waals surface area contributed by atoms with E-state index in [9.17, 15) is 0 Å². The predicted octanol–water partition coefficient (Wildman–Crippen LogP) is 3.07. The van der Waals surface area contributed by atoms with E-state index in [1.807, 2.05) is 27.0 Å². The number of hydrogen-bond acceptors (Lipinski definition) is 5. The van der Waals surface area contributed by atoms with Crippen LogP contribution in [-0.4, -0.2) is 42.8 Å². The Hall–Kier alpha value is -1.36. The van der Waals surface area contributed by atoms with Crippen molar-refractivity contribution >= 4 is 11.6 Å². The van der Waals surface area contributed by atoms with Crippen LogP contribution in [0.4, 0.5) is 11.6 Å². The smallest absolute Gasteiger partial charge is 0.138 e. The van der Waals surface area contributed by atoms with Gasteiger partial charge in [-0.3, -0.25) is 0 Å². The number of anilines is 2. The molecule has 0 saturated heterocycles. The maximum atomic E-state index is 5.61.